The highest BCUT2D eigenvalue weighted by molar-refractivity contribution is 5.89. The largest absolute Gasteiger partial charge is 0.378 e. The summed E-state index contributed by atoms with van der Waals surface area (Å²) in [7, 11) is 0. The van der Waals surface area contributed by atoms with E-state index < -0.39 is 0 Å². The molecule has 0 unspecified atom stereocenters. The Hall–Kier alpha value is -0.830. The van der Waals surface area contributed by atoms with Crippen LogP contribution >= 0.6 is 0 Å². The van der Waals surface area contributed by atoms with Crippen molar-refractivity contribution in [2.45, 2.75) is 0 Å². The van der Waals surface area contributed by atoms with Gasteiger partial charge in [0, 0.05) is 13.1 Å². The first-order valence-corrected chi connectivity index (χ1v) is 3.38. The summed E-state index contributed by atoms with van der Waals surface area (Å²) >= 11 is 0. The monoisotopic (exact) mass is 140 g/mol. The molecule has 0 atom stereocenters. The van der Waals surface area contributed by atoms with Crippen LogP contribution in [0.15, 0.2) is 12.7 Å². The molecule has 56 valence electrons. The molecule has 1 rings (SSSR count). The molecule has 0 bridgehead atoms. The van der Waals surface area contributed by atoms with E-state index in [1.165, 1.54) is 0 Å². The molecule has 10 heavy (non-hydrogen) atoms. The Morgan fingerprint density at radius 1 is 1.50 bits per heavy atom. The zero-order valence-corrected chi connectivity index (χ0v) is 5.97. The van der Waals surface area contributed by atoms with Crippen molar-refractivity contribution in [1.29, 1.82) is 5.41 Å². The van der Waals surface area contributed by atoms with Crippen LogP contribution in [0.1, 0.15) is 0 Å². The maximum absolute atomic E-state index is 7.38. The number of hydrogen-bond donors (Lipinski definition) is 1. The molecule has 1 fully saturated rings. The second-order valence-corrected chi connectivity index (χ2v) is 2.19. The van der Waals surface area contributed by atoms with Crippen molar-refractivity contribution in [3.63, 3.8) is 0 Å². The van der Waals surface area contributed by atoms with Crippen molar-refractivity contribution in [2.75, 3.05) is 26.3 Å². The fraction of sp³-hybridized carbons (Fsp3) is 0.571. The third kappa shape index (κ3) is 1.57. The van der Waals surface area contributed by atoms with Crippen LogP contribution in [0.2, 0.25) is 0 Å². The van der Waals surface area contributed by atoms with E-state index in [0.717, 1.165) is 26.3 Å². The predicted molar refractivity (Wildman–Crippen MR) is 40.3 cm³/mol. The number of amidine groups is 1. The summed E-state index contributed by atoms with van der Waals surface area (Å²) in [6.07, 6.45) is 1.56. The lowest BCUT2D eigenvalue weighted by Gasteiger charge is -2.27. The number of rotatable bonds is 1. The van der Waals surface area contributed by atoms with Crippen molar-refractivity contribution >= 4 is 5.84 Å². The predicted octanol–water partition coefficient (Wildman–Crippen LogP) is 0.482. The third-order valence-electron chi connectivity index (χ3n) is 1.55. The van der Waals surface area contributed by atoms with Gasteiger partial charge in [-0.3, -0.25) is 5.41 Å². The number of nitrogens with one attached hydrogen (secondary N) is 1. The van der Waals surface area contributed by atoms with E-state index in [9.17, 15) is 0 Å². The molecule has 1 heterocycles. The van der Waals surface area contributed by atoms with Gasteiger partial charge in [0.05, 0.1) is 13.2 Å². The van der Waals surface area contributed by atoms with Gasteiger partial charge in [-0.15, -0.1) is 0 Å². The van der Waals surface area contributed by atoms with E-state index in [2.05, 4.69) is 6.58 Å². The zero-order valence-electron chi connectivity index (χ0n) is 5.97. The molecule has 1 aliphatic rings. The van der Waals surface area contributed by atoms with Crippen LogP contribution in [-0.4, -0.2) is 37.0 Å². The minimum atomic E-state index is 0.503. The third-order valence-corrected chi connectivity index (χ3v) is 1.55. The first-order valence-electron chi connectivity index (χ1n) is 3.38. The van der Waals surface area contributed by atoms with Crippen molar-refractivity contribution in [2.24, 2.45) is 0 Å². The highest BCUT2D eigenvalue weighted by atomic mass is 16.5. The quantitative estimate of drug-likeness (QED) is 0.425. The molecule has 1 N–H and O–H groups in total. The van der Waals surface area contributed by atoms with E-state index in [1.807, 2.05) is 4.90 Å². The second kappa shape index (κ2) is 3.37. The van der Waals surface area contributed by atoms with E-state index >= 15 is 0 Å². The van der Waals surface area contributed by atoms with Gasteiger partial charge >= 0.3 is 0 Å². The highest BCUT2D eigenvalue weighted by Crippen LogP contribution is 1.97. The lowest BCUT2D eigenvalue weighted by atomic mass is 10.4. The summed E-state index contributed by atoms with van der Waals surface area (Å²) in [4.78, 5) is 1.95. The van der Waals surface area contributed by atoms with Crippen LogP contribution in [0.25, 0.3) is 0 Å². The topological polar surface area (TPSA) is 36.3 Å². The maximum Gasteiger partial charge on any atom is 0.120 e. The Labute approximate surface area is 60.8 Å². The van der Waals surface area contributed by atoms with Gasteiger partial charge in [0.15, 0.2) is 0 Å². The molecule has 3 heteroatoms. The molecule has 3 nitrogen and oxygen atoms in total. The van der Waals surface area contributed by atoms with Gasteiger partial charge in [-0.2, -0.15) is 0 Å². The number of nitrogens with zero attached hydrogens (tertiary/aromatic N) is 1. The molecule has 0 radical (unpaired) electrons. The minimum Gasteiger partial charge on any atom is -0.378 e. The molecule has 0 aromatic heterocycles. The molecule has 0 amide bonds. The Kier molecular flexibility index (Phi) is 2.45. The molecule has 1 saturated heterocycles. The Morgan fingerprint density at radius 2 is 2.10 bits per heavy atom. The van der Waals surface area contributed by atoms with Crippen molar-refractivity contribution in [3.05, 3.63) is 12.7 Å². The van der Waals surface area contributed by atoms with E-state index in [4.69, 9.17) is 10.1 Å². The zero-order chi connectivity index (χ0) is 7.40. The van der Waals surface area contributed by atoms with Crippen LogP contribution in [-0.2, 0) is 4.74 Å². The van der Waals surface area contributed by atoms with Gasteiger partial charge < -0.3 is 9.64 Å². The average Bonchev–Trinajstić information content (AvgIpc) is 2.05. The van der Waals surface area contributed by atoms with Gasteiger partial charge in [0.1, 0.15) is 5.84 Å². The molecule has 1 aliphatic heterocycles. The lowest BCUT2D eigenvalue weighted by Crippen LogP contribution is -2.39. The number of morpholine rings is 1. The normalized spacial score (nSPS) is 18.6. The summed E-state index contributed by atoms with van der Waals surface area (Å²) in [5.41, 5.74) is 0. The van der Waals surface area contributed by atoms with Gasteiger partial charge in [0.25, 0.3) is 0 Å². The molecule has 0 spiro atoms. The first-order chi connectivity index (χ1) is 4.84. The Balaban J connectivity index is 2.38. The molecule has 0 aromatic rings. The van der Waals surface area contributed by atoms with Crippen LogP contribution in [0.3, 0.4) is 0 Å². The first kappa shape index (κ1) is 7.28. The SMILES string of the molecule is C=CC(=N)N1CCOCC1. The van der Waals surface area contributed by atoms with Gasteiger partial charge in [-0.05, 0) is 6.08 Å². The number of hydrogen-bond acceptors (Lipinski definition) is 2. The summed E-state index contributed by atoms with van der Waals surface area (Å²) in [5.74, 6) is 0.503. The van der Waals surface area contributed by atoms with Crippen molar-refractivity contribution in [1.82, 2.24) is 4.90 Å². The van der Waals surface area contributed by atoms with E-state index in [1.54, 1.807) is 6.08 Å². The summed E-state index contributed by atoms with van der Waals surface area (Å²) in [6, 6.07) is 0. The molecular formula is C7H12N2O. The Bertz CT molecular complexity index is 139. The number of ether oxygens (including phenoxy) is 1. The average molecular weight is 140 g/mol. The van der Waals surface area contributed by atoms with Gasteiger partial charge in [0.2, 0.25) is 0 Å². The summed E-state index contributed by atoms with van der Waals surface area (Å²) in [6.45, 7) is 6.64. The highest BCUT2D eigenvalue weighted by Gasteiger charge is 2.10. The van der Waals surface area contributed by atoms with Crippen molar-refractivity contribution in [3.8, 4) is 0 Å². The van der Waals surface area contributed by atoms with E-state index in [0.29, 0.717) is 5.84 Å². The smallest absolute Gasteiger partial charge is 0.120 e. The lowest BCUT2D eigenvalue weighted by molar-refractivity contribution is 0.0681. The fourth-order valence-electron chi connectivity index (χ4n) is 0.933. The molecule has 0 saturated carbocycles. The standard InChI is InChI=1S/C7H12N2O/c1-2-7(8)9-3-5-10-6-4-9/h2,8H,1,3-6H2. The van der Waals surface area contributed by atoms with Gasteiger partial charge in [-0.1, -0.05) is 6.58 Å². The molecular weight excluding hydrogens is 128 g/mol. The molecule has 0 aliphatic carbocycles. The van der Waals surface area contributed by atoms with Crippen LogP contribution in [0, 0.1) is 5.41 Å². The maximum atomic E-state index is 7.38. The van der Waals surface area contributed by atoms with Crippen LogP contribution < -0.4 is 0 Å². The van der Waals surface area contributed by atoms with E-state index in [-0.39, 0.29) is 0 Å². The van der Waals surface area contributed by atoms with Crippen molar-refractivity contribution < 1.29 is 4.74 Å². The minimum absolute atomic E-state index is 0.503. The molecule has 0 aromatic carbocycles. The summed E-state index contributed by atoms with van der Waals surface area (Å²) in [5, 5.41) is 7.38. The van der Waals surface area contributed by atoms with Gasteiger partial charge in [-0.25, -0.2) is 0 Å². The Morgan fingerprint density at radius 3 is 2.60 bits per heavy atom. The second-order valence-electron chi connectivity index (χ2n) is 2.19. The summed E-state index contributed by atoms with van der Waals surface area (Å²) < 4.78 is 5.12. The van der Waals surface area contributed by atoms with Crippen LogP contribution in [0.5, 0.6) is 0 Å². The van der Waals surface area contributed by atoms with Crippen LogP contribution in [0.4, 0.5) is 0 Å². The fourth-order valence-corrected chi connectivity index (χ4v) is 0.933.